The van der Waals surface area contributed by atoms with Crippen LogP contribution in [0.15, 0.2) is 23.1 Å². The molecule has 0 radical (unpaired) electrons. The molecule has 0 aliphatic rings. The zero-order chi connectivity index (χ0) is 13.1. The van der Waals surface area contributed by atoms with Crippen LogP contribution in [0.4, 0.5) is 4.39 Å². The van der Waals surface area contributed by atoms with Gasteiger partial charge < -0.3 is 10.1 Å². The first-order valence-corrected chi connectivity index (χ1v) is 6.73. The third-order valence-electron chi connectivity index (χ3n) is 1.81. The van der Waals surface area contributed by atoms with Gasteiger partial charge in [-0.25, -0.2) is 12.8 Å². The standard InChI is InChI=1S/C9H9ClFNO4S/c1-12-9(13)5-16-6-2-3-8(7(11)4-6)17(10,14)15/h2-4H,5H2,1H3,(H,12,13). The largest absolute Gasteiger partial charge is 0.484 e. The Morgan fingerprint density at radius 2 is 2.18 bits per heavy atom. The fraction of sp³-hybridized carbons (Fsp3) is 0.222. The number of hydrogen-bond acceptors (Lipinski definition) is 4. The molecule has 0 aliphatic carbocycles. The predicted octanol–water partition coefficient (Wildman–Crippen LogP) is 0.878. The van der Waals surface area contributed by atoms with Gasteiger partial charge in [0.15, 0.2) is 6.61 Å². The second kappa shape index (κ2) is 5.33. The zero-order valence-corrected chi connectivity index (χ0v) is 10.3. The van der Waals surface area contributed by atoms with E-state index >= 15 is 0 Å². The monoisotopic (exact) mass is 281 g/mol. The summed E-state index contributed by atoms with van der Waals surface area (Å²) >= 11 is 0. The molecule has 0 spiro atoms. The minimum Gasteiger partial charge on any atom is -0.484 e. The molecular weight excluding hydrogens is 273 g/mol. The Balaban J connectivity index is 2.87. The van der Waals surface area contributed by atoms with Crippen LogP contribution in [0, 0.1) is 5.82 Å². The summed E-state index contributed by atoms with van der Waals surface area (Å²) in [6.07, 6.45) is 0. The van der Waals surface area contributed by atoms with Crippen molar-refractivity contribution >= 4 is 25.6 Å². The molecule has 0 atom stereocenters. The molecule has 1 aromatic carbocycles. The number of halogens is 2. The summed E-state index contributed by atoms with van der Waals surface area (Å²) in [6.45, 7) is -0.289. The van der Waals surface area contributed by atoms with Gasteiger partial charge >= 0.3 is 0 Å². The van der Waals surface area contributed by atoms with Gasteiger partial charge in [-0.05, 0) is 12.1 Å². The van der Waals surface area contributed by atoms with Crippen LogP contribution >= 0.6 is 10.7 Å². The molecule has 1 rings (SSSR count). The number of hydrogen-bond donors (Lipinski definition) is 1. The maximum absolute atomic E-state index is 13.3. The molecule has 17 heavy (non-hydrogen) atoms. The Labute approximate surface area is 102 Å². The van der Waals surface area contributed by atoms with Crippen LogP contribution in [0.1, 0.15) is 0 Å². The average Bonchev–Trinajstić information content (AvgIpc) is 2.24. The quantitative estimate of drug-likeness (QED) is 0.832. The van der Waals surface area contributed by atoms with Crippen LogP contribution < -0.4 is 10.1 Å². The van der Waals surface area contributed by atoms with E-state index in [0.717, 1.165) is 12.1 Å². The molecule has 0 fully saturated rings. The van der Waals surface area contributed by atoms with Gasteiger partial charge in [0.2, 0.25) is 0 Å². The first-order valence-electron chi connectivity index (χ1n) is 4.42. The molecule has 1 amide bonds. The maximum Gasteiger partial charge on any atom is 0.264 e. The normalized spacial score (nSPS) is 11.0. The fourth-order valence-electron chi connectivity index (χ4n) is 0.990. The molecule has 0 heterocycles. The van der Waals surface area contributed by atoms with Gasteiger partial charge in [0.25, 0.3) is 15.0 Å². The number of nitrogens with one attached hydrogen (secondary N) is 1. The molecule has 1 N–H and O–H groups in total. The van der Waals surface area contributed by atoms with E-state index in [2.05, 4.69) is 5.32 Å². The second-order valence-corrected chi connectivity index (χ2v) is 5.53. The van der Waals surface area contributed by atoms with Gasteiger partial charge in [-0.3, -0.25) is 4.79 Å². The lowest BCUT2D eigenvalue weighted by Crippen LogP contribution is -2.24. The topological polar surface area (TPSA) is 72.5 Å². The third kappa shape index (κ3) is 3.86. The van der Waals surface area contributed by atoms with E-state index in [1.807, 2.05) is 0 Å². The number of likely N-dealkylation sites (N-methyl/N-ethyl adjacent to an activating group) is 1. The molecule has 0 unspecified atom stereocenters. The predicted molar refractivity (Wildman–Crippen MR) is 59.0 cm³/mol. The van der Waals surface area contributed by atoms with E-state index in [4.69, 9.17) is 15.4 Å². The van der Waals surface area contributed by atoms with Crippen LogP contribution in [-0.4, -0.2) is 28.0 Å². The lowest BCUT2D eigenvalue weighted by molar-refractivity contribution is -0.122. The summed E-state index contributed by atoms with van der Waals surface area (Å²) in [5.41, 5.74) is 0. The lowest BCUT2D eigenvalue weighted by Gasteiger charge is -2.06. The first-order chi connectivity index (χ1) is 7.84. The van der Waals surface area contributed by atoms with Crippen LogP contribution in [-0.2, 0) is 13.8 Å². The highest BCUT2D eigenvalue weighted by atomic mass is 35.7. The van der Waals surface area contributed by atoms with Crippen molar-refractivity contribution in [3.05, 3.63) is 24.0 Å². The number of carbonyl (C=O) groups is 1. The average molecular weight is 282 g/mol. The van der Waals surface area contributed by atoms with Crippen molar-refractivity contribution in [2.24, 2.45) is 0 Å². The number of rotatable bonds is 4. The van der Waals surface area contributed by atoms with Gasteiger partial charge in [0, 0.05) is 23.8 Å². The van der Waals surface area contributed by atoms with Gasteiger partial charge in [0.1, 0.15) is 16.5 Å². The highest BCUT2D eigenvalue weighted by Crippen LogP contribution is 2.23. The van der Waals surface area contributed by atoms with E-state index in [1.54, 1.807) is 0 Å². The Morgan fingerprint density at radius 1 is 1.53 bits per heavy atom. The van der Waals surface area contributed by atoms with E-state index in [9.17, 15) is 17.6 Å². The van der Waals surface area contributed by atoms with Gasteiger partial charge in [0.05, 0.1) is 0 Å². The number of amides is 1. The minimum atomic E-state index is -4.12. The number of benzene rings is 1. The van der Waals surface area contributed by atoms with Crippen molar-refractivity contribution in [2.45, 2.75) is 4.90 Å². The highest BCUT2D eigenvalue weighted by molar-refractivity contribution is 8.13. The maximum atomic E-state index is 13.3. The molecule has 5 nitrogen and oxygen atoms in total. The van der Waals surface area contributed by atoms with Crippen molar-refractivity contribution < 1.29 is 22.3 Å². The molecule has 1 aromatic rings. The summed E-state index contributed by atoms with van der Waals surface area (Å²) < 4.78 is 40.0. The Hall–Kier alpha value is -1.34. The first kappa shape index (κ1) is 13.7. The summed E-state index contributed by atoms with van der Waals surface area (Å²) in [6, 6.07) is 3.02. The Bertz CT molecular complexity index is 532. The Morgan fingerprint density at radius 3 is 2.65 bits per heavy atom. The third-order valence-corrected chi connectivity index (χ3v) is 3.17. The minimum absolute atomic E-state index is 0.0372. The summed E-state index contributed by atoms with van der Waals surface area (Å²) in [5.74, 6) is -1.39. The van der Waals surface area contributed by atoms with Crippen molar-refractivity contribution in [1.29, 1.82) is 0 Å². The molecule has 0 aromatic heterocycles. The van der Waals surface area contributed by atoms with Crippen LogP contribution in [0.25, 0.3) is 0 Å². The van der Waals surface area contributed by atoms with Crippen LogP contribution in [0.3, 0.4) is 0 Å². The van der Waals surface area contributed by atoms with Gasteiger partial charge in [-0.1, -0.05) is 0 Å². The summed E-state index contributed by atoms with van der Waals surface area (Å²) in [7, 11) is 2.30. The second-order valence-electron chi connectivity index (χ2n) is 2.99. The molecule has 0 aliphatic heterocycles. The molecule has 8 heteroatoms. The van der Waals surface area contributed by atoms with Crippen molar-refractivity contribution in [1.82, 2.24) is 5.32 Å². The number of ether oxygens (including phenoxy) is 1. The van der Waals surface area contributed by atoms with Crippen molar-refractivity contribution in [3.63, 3.8) is 0 Å². The highest BCUT2D eigenvalue weighted by Gasteiger charge is 2.16. The number of carbonyl (C=O) groups excluding carboxylic acids is 1. The summed E-state index contributed by atoms with van der Waals surface area (Å²) in [4.78, 5) is 10.2. The smallest absolute Gasteiger partial charge is 0.264 e. The van der Waals surface area contributed by atoms with E-state index in [-0.39, 0.29) is 18.3 Å². The lowest BCUT2D eigenvalue weighted by atomic mass is 10.3. The van der Waals surface area contributed by atoms with Crippen LogP contribution in [0.5, 0.6) is 5.75 Å². The molecule has 94 valence electrons. The van der Waals surface area contributed by atoms with Gasteiger partial charge in [-0.2, -0.15) is 0 Å². The van der Waals surface area contributed by atoms with Gasteiger partial charge in [-0.15, -0.1) is 0 Å². The Kier molecular flexibility index (Phi) is 4.30. The van der Waals surface area contributed by atoms with Crippen molar-refractivity contribution in [2.75, 3.05) is 13.7 Å². The van der Waals surface area contributed by atoms with Crippen LogP contribution in [0.2, 0.25) is 0 Å². The molecule has 0 bridgehead atoms. The molecular formula is C9H9ClFNO4S. The molecule has 0 saturated carbocycles. The van der Waals surface area contributed by atoms with Crippen molar-refractivity contribution in [3.8, 4) is 5.75 Å². The molecule has 0 saturated heterocycles. The fourth-order valence-corrected chi connectivity index (χ4v) is 1.89. The van der Waals surface area contributed by atoms with E-state index < -0.39 is 19.8 Å². The van der Waals surface area contributed by atoms with E-state index in [1.165, 1.54) is 13.1 Å². The SMILES string of the molecule is CNC(=O)COc1ccc(S(=O)(=O)Cl)c(F)c1. The van der Waals surface area contributed by atoms with E-state index in [0.29, 0.717) is 0 Å². The zero-order valence-electron chi connectivity index (χ0n) is 8.74. The summed E-state index contributed by atoms with van der Waals surface area (Å²) in [5, 5.41) is 2.31.